The first-order valence-corrected chi connectivity index (χ1v) is 12.7. The van der Waals surface area contributed by atoms with Crippen LogP contribution < -0.4 is 5.32 Å². The van der Waals surface area contributed by atoms with Crippen LogP contribution in [0.25, 0.3) is 22.0 Å². The van der Waals surface area contributed by atoms with Gasteiger partial charge in [0, 0.05) is 49.3 Å². The highest BCUT2D eigenvalue weighted by atomic mass is 35.5. The number of nitrogens with one attached hydrogen (secondary N) is 1. The number of rotatable bonds is 8. The molecule has 0 unspecified atom stereocenters. The van der Waals surface area contributed by atoms with Crippen LogP contribution in [0, 0.1) is 17.7 Å². The van der Waals surface area contributed by atoms with Crippen molar-refractivity contribution in [1.82, 2.24) is 14.8 Å². The average Bonchev–Trinajstić information content (AvgIpc) is 3.17. The summed E-state index contributed by atoms with van der Waals surface area (Å²) in [6.45, 7) is 4.18. The van der Waals surface area contributed by atoms with Crippen molar-refractivity contribution in [3.8, 4) is 11.1 Å². The largest absolute Gasteiger partial charge is 0.377 e. The summed E-state index contributed by atoms with van der Waals surface area (Å²) in [5.74, 6) is -0.0105. The number of aromatic nitrogens is 3. The molecule has 36 heavy (non-hydrogen) atoms. The molecule has 1 N–H and O–H groups in total. The second-order valence-electron chi connectivity index (χ2n) is 9.96. The highest BCUT2D eigenvalue weighted by molar-refractivity contribution is 6.33. The van der Waals surface area contributed by atoms with Gasteiger partial charge in [0.2, 0.25) is 5.91 Å². The van der Waals surface area contributed by atoms with Crippen molar-refractivity contribution >= 4 is 40.0 Å². The molecule has 1 amide bonds. The molecule has 2 heterocycles. The highest BCUT2D eigenvalue weighted by Crippen LogP contribution is 2.36. The quantitative estimate of drug-likeness (QED) is 0.404. The normalized spacial score (nSPS) is 18.1. The third-order valence-corrected chi connectivity index (χ3v) is 7.18. The van der Waals surface area contributed by atoms with Crippen LogP contribution in [0.1, 0.15) is 57.6 Å². The second kappa shape index (κ2) is 11.0. The van der Waals surface area contributed by atoms with E-state index in [1.807, 2.05) is 27.0 Å². The van der Waals surface area contributed by atoms with E-state index in [4.69, 9.17) is 16.3 Å². The van der Waals surface area contributed by atoms with Gasteiger partial charge in [-0.1, -0.05) is 31.9 Å². The van der Waals surface area contributed by atoms with E-state index >= 15 is 4.39 Å². The van der Waals surface area contributed by atoms with Gasteiger partial charge in [0.25, 0.3) is 0 Å². The molecule has 1 saturated carbocycles. The lowest BCUT2D eigenvalue weighted by atomic mass is 9.79. The van der Waals surface area contributed by atoms with Crippen LogP contribution in [0.2, 0.25) is 5.02 Å². The van der Waals surface area contributed by atoms with E-state index in [-0.39, 0.29) is 36.1 Å². The first kappa shape index (κ1) is 26.2. The first-order valence-electron chi connectivity index (χ1n) is 12.3. The minimum absolute atomic E-state index is 0.0611. The van der Waals surface area contributed by atoms with Crippen LogP contribution >= 0.6 is 11.6 Å². The number of amides is 1. The number of hydrogen-bond acceptors (Lipinski definition) is 5. The smallest absolute Gasteiger partial charge is 0.228 e. The Kier molecular flexibility index (Phi) is 8.05. The fourth-order valence-electron chi connectivity index (χ4n) is 5.33. The number of Topliss-reactive ketones (excluding diaryl/α,β-unsaturated/α-hetero) is 1. The minimum atomic E-state index is -0.431. The minimum Gasteiger partial charge on any atom is -0.377 e. The fourth-order valence-corrected chi connectivity index (χ4v) is 5.54. The molecule has 0 radical (unpaired) electrons. The van der Waals surface area contributed by atoms with Crippen LogP contribution in [-0.2, 0) is 21.4 Å². The monoisotopic (exact) mass is 514 g/mol. The van der Waals surface area contributed by atoms with E-state index in [1.165, 1.54) is 19.4 Å². The molecule has 1 aliphatic rings. The predicted octanol–water partition coefficient (Wildman–Crippen LogP) is 5.90. The molecular weight excluding hydrogens is 483 g/mol. The number of pyridine rings is 1. The molecule has 0 aliphatic heterocycles. The Hall–Kier alpha value is -2.84. The van der Waals surface area contributed by atoms with Crippen LogP contribution in [-0.4, -0.2) is 40.2 Å². The lowest BCUT2D eigenvalue weighted by Crippen LogP contribution is -2.29. The van der Waals surface area contributed by atoms with Gasteiger partial charge in [-0.25, -0.2) is 9.37 Å². The molecule has 2 atom stereocenters. The number of anilines is 1. The van der Waals surface area contributed by atoms with Crippen LogP contribution in [0.15, 0.2) is 24.4 Å². The number of fused-ring (bicyclic) bond motifs is 1. The first-order chi connectivity index (χ1) is 17.2. The van der Waals surface area contributed by atoms with Crippen molar-refractivity contribution in [2.75, 3.05) is 19.0 Å². The van der Waals surface area contributed by atoms with Crippen molar-refractivity contribution < 1.29 is 18.7 Å². The molecule has 0 spiro atoms. The van der Waals surface area contributed by atoms with E-state index in [1.54, 1.807) is 10.7 Å². The van der Waals surface area contributed by atoms with E-state index in [9.17, 15) is 9.59 Å². The van der Waals surface area contributed by atoms with Crippen LogP contribution in [0.3, 0.4) is 0 Å². The average molecular weight is 515 g/mol. The standard InChI is InChI=1S/C27H32ClFN4O3/c1-15(2)26-21-10-18(11-23(29)25(21)32-33(26)3)20-12-24(30-13-22(20)28)31-27(35)17-7-5-6-16(8-17)9-19(34)14-36-4/h10-13,15-17H,5-9,14H2,1-4H3,(H,30,31,35)/t16-,17+/m1/s1. The van der Waals surface area contributed by atoms with Crippen molar-refractivity contribution in [2.45, 2.75) is 51.9 Å². The molecule has 0 bridgehead atoms. The number of hydrogen-bond donors (Lipinski definition) is 1. The Bertz CT molecular complexity index is 1290. The van der Waals surface area contributed by atoms with E-state index in [0.29, 0.717) is 40.3 Å². The molecule has 192 valence electrons. The van der Waals surface area contributed by atoms with Gasteiger partial charge in [0.1, 0.15) is 17.9 Å². The Labute approximate surface area is 215 Å². The zero-order chi connectivity index (χ0) is 26.0. The molecule has 3 aromatic rings. The van der Waals surface area contributed by atoms with Gasteiger partial charge in [-0.2, -0.15) is 5.10 Å². The second-order valence-corrected chi connectivity index (χ2v) is 10.4. The van der Waals surface area contributed by atoms with Gasteiger partial charge in [-0.3, -0.25) is 14.3 Å². The Morgan fingerprint density at radius 1 is 1.28 bits per heavy atom. The zero-order valence-corrected chi connectivity index (χ0v) is 21.9. The summed E-state index contributed by atoms with van der Waals surface area (Å²) in [7, 11) is 3.32. The number of halogens is 2. The number of benzene rings is 1. The number of carbonyl (C=O) groups excluding carboxylic acids is 2. The summed E-state index contributed by atoms with van der Waals surface area (Å²) in [6, 6.07) is 4.97. The van der Waals surface area contributed by atoms with Gasteiger partial charge in [-0.15, -0.1) is 0 Å². The molecule has 4 rings (SSSR count). The van der Waals surface area contributed by atoms with Crippen molar-refractivity contribution in [2.24, 2.45) is 18.9 Å². The number of ketones is 1. The van der Waals surface area contributed by atoms with Gasteiger partial charge in [-0.05, 0) is 54.9 Å². The molecule has 1 aromatic carbocycles. The fraction of sp³-hybridized carbons (Fsp3) is 0.481. The summed E-state index contributed by atoms with van der Waals surface area (Å²) in [5.41, 5.74) is 2.42. The highest BCUT2D eigenvalue weighted by Gasteiger charge is 2.29. The molecular formula is C27H32ClFN4O3. The lowest BCUT2D eigenvalue weighted by Gasteiger charge is -2.27. The summed E-state index contributed by atoms with van der Waals surface area (Å²) in [6.07, 6.45) is 5.15. The third kappa shape index (κ3) is 5.60. The van der Waals surface area contributed by atoms with E-state index in [2.05, 4.69) is 15.4 Å². The molecule has 0 saturated heterocycles. The summed E-state index contributed by atoms with van der Waals surface area (Å²) in [4.78, 5) is 29.3. The van der Waals surface area contributed by atoms with E-state index < -0.39 is 5.82 Å². The van der Waals surface area contributed by atoms with Gasteiger partial charge in [0.05, 0.1) is 5.02 Å². The lowest BCUT2D eigenvalue weighted by molar-refractivity contribution is -0.125. The van der Waals surface area contributed by atoms with Crippen molar-refractivity contribution in [3.05, 3.63) is 40.9 Å². The molecule has 7 nitrogen and oxygen atoms in total. The predicted molar refractivity (Wildman–Crippen MR) is 139 cm³/mol. The van der Waals surface area contributed by atoms with Crippen LogP contribution in [0.5, 0.6) is 0 Å². The van der Waals surface area contributed by atoms with Crippen molar-refractivity contribution in [3.63, 3.8) is 0 Å². The third-order valence-electron chi connectivity index (χ3n) is 6.88. The zero-order valence-electron chi connectivity index (χ0n) is 21.1. The Morgan fingerprint density at radius 2 is 2.06 bits per heavy atom. The number of aryl methyl sites for hydroxylation is 1. The summed E-state index contributed by atoms with van der Waals surface area (Å²) < 4.78 is 21.7. The summed E-state index contributed by atoms with van der Waals surface area (Å²) >= 11 is 6.46. The molecule has 9 heteroatoms. The molecule has 1 aliphatic carbocycles. The van der Waals surface area contributed by atoms with Gasteiger partial charge < -0.3 is 10.1 Å². The topological polar surface area (TPSA) is 86.1 Å². The number of nitrogens with zero attached hydrogens (tertiary/aromatic N) is 3. The number of ether oxygens (including phenoxy) is 1. The maximum atomic E-state index is 15.0. The maximum absolute atomic E-state index is 15.0. The van der Waals surface area contributed by atoms with Crippen LogP contribution in [0.4, 0.5) is 10.2 Å². The maximum Gasteiger partial charge on any atom is 0.228 e. The summed E-state index contributed by atoms with van der Waals surface area (Å²) in [5, 5.41) is 8.34. The van der Waals surface area contributed by atoms with Gasteiger partial charge in [0.15, 0.2) is 11.6 Å². The Morgan fingerprint density at radius 3 is 2.78 bits per heavy atom. The van der Waals surface area contributed by atoms with Crippen molar-refractivity contribution in [1.29, 1.82) is 0 Å². The molecule has 2 aromatic heterocycles. The SMILES string of the molecule is COCC(=O)C[C@@H]1CCC[C@H](C(=O)Nc2cc(-c3cc(F)c4nn(C)c(C(C)C)c4c3)c(Cl)cn2)C1. The number of methoxy groups -OCH3 is 1. The van der Waals surface area contributed by atoms with Gasteiger partial charge >= 0.3 is 0 Å². The molecule has 1 fully saturated rings. The number of carbonyl (C=O) groups is 2. The van der Waals surface area contributed by atoms with E-state index in [0.717, 1.165) is 30.3 Å². The Balaban J connectivity index is 1.56.